The molecule has 0 spiro atoms. The van der Waals surface area contributed by atoms with Crippen LogP contribution in [0.5, 0.6) is 0 Å². The third-order valence-corrected chi connectivity index (χ3v) is 4.20. The minimum Gasteiger partial charge on any atom is -0.335 e. The number of rotatable bonds is 5. The van der Waals surface area contributed by atoms with E-state index in [1.165, 1.54) is 0 Å². The number of carbonyl (C=O) groups excluding carboxylic acids is 1. The van der Waals surface area contributed by atoms with Crippen LogP contribution >= 0.6 is 0 Å². The van der Waals surface area contributed by atoms with Crippen LogP contribution in [0.15, 0.2) is 61.4 Å². The Balaban J connectivity index is 1.62. The summed E-state index contributed by atoms with van der Waals surface area (Å²) in [5.41, 5.74) is 1.58. The lowest BCUT2D eigenvalue weighted by Gasteiger charge is -2.31. The van der Waals surface area contributed by atoms with Crippen molar-refractivity contribution in [3.8, 4) is 5.69 Å². The van der Waals surface area contributed by atoms with Crippen molar-refractivity contribution in [1.29, 1.82) is 0 Å². The number of hydrogen-bond donors (Lipinski definition) is 2. The van der Waals surface area contributed by atoms with Gasteiger partial charge in [-0.15, -0.1) is 0 Å². The van der Waals surface area contributed by atoms with E-state index >= 15 is 0 Å². The second kappa shape index (κ2) is 7.43. The van der Waals surface area contributed by atoms with Gasteiger partial charge in [0.25, 0.3) is 0 Å². The van der Waals surface area contributed by atoms with E-state index in [0.717, 1.165) is 11.4 Å². The maximum atomic E-state index is 12.4. The van der Waals surface area contributed by atoms with Crippen molar-refractivity contribution in [3.63, 3.8) is 0 Å². The zero-order valence-electron chi connectivity index (χ0n) is 15.3. The monoisotopic (exact) mass is 352 g/mol. The molecule has 0 saturated heterocycles. The van der Waals surface area contributed by atoms with Crippen LogP contribution in [0.3, 0.4) is 0 Å². The molecule has 136 valence electrons. The smallest absolute Gasteiger partial charge is 0.319 e. The van der Waals surface area contributed by atoms with Gasteiger partial charge in [-0.2, -0.15) is 5.10 Å². The van der Waals surface area contributed by atoms with Crippen LogP contribution in [-0.4, -0.2) is 31.4 Å². The lowest BCUT2D eigenvalue weighted by atomic mass is 9.86. The van der Waals surface area contributed by atoms with Crippen LogP contribution in [0.25, 0.3) is 5.69 Å². The maximum Gasteiger partial charge on any atom is 0.319 e. The molecule has 3 rings (SSSR count). The summed E-state index contributed by atoms with van der Waals surface area (Å²) < 4.78 is 3.74. The Hall–Kier alpha value is -3.09. The van der Waals surface area contributed by atoms with E-state index in [4.69, 9.17) is 0 Å². The molecule has 7 nitrogen and oxygen atoms in total. The van der Waals surface area contributed by atoms with Gasteiger partial charge in [-0.05, 0) is 35.7 Å². The Morgan fingerprint density at radius 1 is 1.15 bits per heavy atom. The lowest BCUT2D eigenvalue weighted by molar-refractivity contribution is 0.219. The van der Waals surface area contributed by atoms with E-state index in [1.54, 1.807) is 23.4 Å². The molecule has 2 heterocycles. The number of urea groups is 1. The van der Waals surface area contributed by atoms with E-state index in [1.807, 2.05) is 47.3 Å². The average Bonchev–Trinajstić information content (AvgIpc) is 3.28. The van der Waals surface area contributed by atoms with E-state index in [0.29, 0.717) is 6.54 Å². The van der Waals surface area contributed by atoms with Crippen molar-refractivity contribution in [3.05, 3.63) is 61.4 Å². The van der Waals surface area contributed by atoms with E-state index < -0.39 is 0 Å². The Morgan fingerprint density at radius 2 is 1.92 bits per heavy atom. The minimum absolute atomic E-state index is 0.0416. The van der Waals surface area contributed by atoms with Gasteiger partial charge in [-0.25, -0.2) is 14.5 Å². The first-order chi connectivity index (χ1) is 12.4. The highest BCUT2D eigenvalue weighted by Gasteiger charge is 2.26. The third-order valence-electron chi connectivity index (χ3n) is 4.20. The van der Waals surface area contributed by atoms with Gasteiger partial charge in [-0.1, -0.05) is 20.8 Å². The predicted molar refractivity (Wildman–Crippen MR) is 101 cm³/mol. The highest BCUT2D eigenvalue weighted by Crippen LogP contribution is 2.21. The fourth-order valence-electron chi connectivity index (χ4n) is 2.59. The minimum atomic E-state index is -0.225. The van der Waals surface area contributed by atoms with Crippen LogP contribution in [-0.2, 0) is 6.54 Å². The van der Waals surface area contributed by atoms with Gasteiger partial charge in [0.05, 0.1) is 18.1 Å². The maximum absolute atomic E-state index is 12.4. The molecule has 0 radical (unpaired) electrons. The number of benzene rings is 1. The number of nitrogens with one attached hydrogen (secondary N) is 2. The Bertz CT molecular complexity index is 816. The molecule has 2 N–H and O–H groups in total. The first-order valence-corrected chi connectivity index (χ1v) is 8.55. The standard InChI is InChI=1S/C19H24N6O/c1-19(2,3)17(13-24-12-10-20-14-24)23-18(26)22-15-5-7-16(8-6-15)25-11-4-9-21-25/h4-12,14,17H,13H2,1-3H3,(H2,22,23,26)/t17-/m0/s1. The number of carbonyl (C=O) groups is 1. The predicted octanol–water partition coefficient (Wildman–Crippen LogP) is 3.31. The van der Waals surface area contributed by atoms with Crippen LogP contribution < -0.4 is 10.6 Å². The zero-order valence-corrected chi connectivity index (χ0v) is 15.3. The zero-order chi connectivity index (χ0) is 18.6. The average molecular weight is 352 g/mol. The summed E-state index contributed by atoms with van der Waals surface area (Å²) in [5, 5.41) is 10.2. The highest BCUT2D eigenvalue weighted by molar-refractivity contribution is 5.89. The fourth-order valence-corrected chi connectivity index (χ4v) is 2.59. The first kappa shape index (κ1) is 17.7. The van der Waals surface area contributed by atoms with Crippen LogP contribution in [0, 0.1) is 5.41 Å². The molecule has 3 aromatic rings. The van der Waals surface area contributed by atoms with Gasteiger partial charge in [0.15, 0.2) is 0 Å². The van der Waals surface area contributed by atoms with Crippen LogP contribution in [0.4, 0.5) is 10.5 Å². The van der Waals surface area contributed by atoms with Crippen molar-refractivity contribution in [2.24, 2.45) is 5.41 Å². The quantitative estimate of drug-likeness (QED) is 0.740. The van der Waals surface area contributed by atoms with Crippen molar-refractivity contribution < 1.29 is 4.79 Å². The van der Waals surface area contributed by atoms with Crippen molar-refractivity contribution in [1.82, 2.24) is 24.6 Å². The first-order valence-electron chi connectivity index (χ1n) is 8.55. The number of hydrogen-bond acceptors (Lipinski definition) is 3. The summed E-state index contributed by atoms with van der Waals surface area (Å²) in [5.74, 6) is 0. The molecule has 2 amide bonds. The molecule has 0 saturated carbocycles. The molecule has 0 unspecified atom stereocenters. The molecule has 0 aliphatic rings. The molecule has 0 aliphatic carbocycles. The third kappa shape index (κ3) is 4.50. The van der Waals surface area contributed by atoms with Gasteiger partial charge in [0.1, 0.15) is 0 Å². The summed E-state index contributed by atoms with van der Waals surface area (Å²) in [6.07, 6.45) is 8.99. The molecule has 0 fully saturated rings. The molecular weight excluding hydrogens is 328 g/mol. The molecule has 0 aliphatic heterocycles. The van der Waals surface area contributed by atoms with E-state index in [2.05, 4.69) is 41.5 Å². The molecule has 1 atom stereocenters. The number of amides is 2. The molecule has 1 aromatic carbocycles. The molecule has 7 heteroatoms. The molecule has 26 heavy (non-hydrogen) atoms. The topological polar surface area (TPSA) is 76.8 Å². The summed E-state index contributed by atoms with van der Waals surface area (Å²) in [7, 11) is 0. The number of imidazole rings is 1. The summed E-state index contributed by atoms with van der Waals surface area (Å²) >= 11 is 0. The van der Waals surface area contributed by atoms with Crippen molar-refractivity contribution in [2.75, 3.05) is 5.32 Å². The molecular formula is C19H24N6O. The number of anilines is 1. The highest BCUT2D eigenvalue weighted by atomic mass is 16.2. The SMILES string of the molecule is CC(C)(C)[C@H](Cn1ccnc1)NC(=O)Nc1ccc(-n2cccn2)cc1. The van der Waals surface area contributed by atoms with Crippen LogP contribution in [0.2, 0.25) is 0 Å². The van der Waals surface area contributed by atoms with Crippen molar-refractivity contribution >= 4 is 11.7 Å². The Morgan fingerprint density at radius 3 is 2.50 bits per heavy atom. The van der Waals surface area contributed by atoms with E-state index in [9.17, 15) is 4.79 Å². The van der Waals surface area contributed by atoms with Gasteiger partial charge in [0, 0.05) is 37.0 Å². The van der Waals surface area contributed by atoms with Gasteiger partial charge in [0.2, 0.25) is 0 Å². The molecule has 2 aromatic heterocycles. The summed E-state index contributed by atoms with van der Waals surface area (Å²) in [6.45, 7) is 6.98. The Kier molecular flexibility index (Phi) is 5.06. The van der Waals surface area contributed by atoms with Crippen LogP contribution in [0.1, 0.15) is 20.8 Å². The normalized spacial score (nSPS) is 12.6. The second-order valence-corrected chi connectivity index (χ2v) is 7.27. The second-order valence-electron chi connectivity index (χ2n) is 7.27. The number of nitrogens with zero attached hydrogens (tertiary/aromatic N) is 4. The fraction of sp³-hybridized carbons (Fsp3) is 0.316. The molecule has 0 bridgehead atoms. The van der Waals surface area contributed by atoms with Gasteiger partial charge >= 0.3 is 6.03 Å². The number of aromatic nitrogens is 4. The lowest BCUT2D eigenvalue weighted by Crippen LogP contribution is -2.47. The van der Waals surface area contributed by atoms with Gasteiger partial charge in [-0.3, -0.25) is 0 Å². The summed E-state index contributed by atoms with van der Waals surface area (Å²) in [4.78, 5) is 16.5. The van der Waals surface area contributed by atoms with E-state index in [-0.39, 0.29) is 17.5 Å². The Labute approximate surface area is 153 Å². The summed E-state index contributed by atoms with van der Waals surface area (Å²) in [6, 6.07) is 9.14. The van der Waals surface area contributed by atoms with Gasteiger partial charge < -0.3 is 15.2 Å². The largest absolute Gasteiger partial charge is 0.335 e. The van der Waals surface area contributed by atoms with Crippen molar-refractivity contribution in [2.45, 2.75) is 33.4 Å².